The molecule has 1 aliphatic heterocycles. The molecule has 1 aromatic heterocycles. The van der Waals surface area contributed by atoms with Crippen molar-refractivity contribution in [3.05, 3.63) is 29.5 Å². The van der Waals surface area contributed by atoms with Crippen LogP contribution in [0.2, 0.25) is 0 Å². The van der Waals surface area contributed by atoms with Gasteiger partial charge in [-0.15, -0.1) is 0 Å². The molecule has 2 atom stereocenters. The maximum absolute atomic E-state index is 12.5. The monoisotopic (exact) mass is 353 g/mol. The highest BCUT2D eigenvalue weighted by Gasteiger charge is 2.35. The van der Waals surface area contributed by atoms with Gasteiger partial charge >= 0.3 is 0 Å². The highest BCUT2D eigenvalue weighted by molar-refractivity contribution is 6.02. The van der Waals surface area contributed by atoms with E-state index in [2.05, 4.69) is 55.9 Å². The number of hydrogen-bond acceptors (Lipinski definition) is 3. The van der Waals surface area contributed by atoms with Crippen LogP contribution in [0.1, 0.15) is 76.6 Å². The van der Waals surface area contributed by atoms with Crippen LogP contribution in [0, 0.1) is 5.92 Å². The minimum atomic E-state index is -0.349. The minimum absolute atomic E-state index is 0.0282. The van der Waals surface area contributed by atoms with Crippen molar-refractivity contribution in [1.82, 2.24) is 15.1 Å². The summed E-state index contributed by atoms with van der Waals surface area (Å²) >= 11 is 0. The average Bonchev–Trinajstić information content (AvgIpc) is 3.35. The van der Waals surface area contributed by atoms with E-state index in [1.807, 2.05) is 0 Å². The Bertz CT molecular complexity index is 887. The molecule has 1 saturated heterocycles. The van der Waals surface area contributed by atoms with E-state index >= 15 is 0 Å². The van der Waals surface area contributed by atoms with Gasteiger partial charge in [0.15, 0.2) is 0 Å². The fraction of sp³-hybridized carbons (Fsp3) is 0.571. The summed E-state index contributed by atoms with van der Waals surface area (Å²) in [4.78, 5) is 24.0. The average molecular weight is 353 g/mol. The summed E-state index contributed by atoms with van der Waals surface area (Å²) in [6.45, 7) is 8.79. The van der Waals surface area contributed by atoms with E-state index in [1.54, 1.807) is 0 Å². The molecule has 1 N–H and O–H groups in total. The summed E-state index contributed by atoms with van der Waals surface area (Å²) in [6, 6.07) is 6.85. The van der Waals surface area contributed by atoms with Crippen LogP contribution in [0.4, 0.5) is 0 Å². The Balaban J connectivity index is 1.86. The Hall–Kier alpha value is -2.17. The Morgan fingerprint density at radius 3 is 2.54 bits per heavy atom. The van der Waals surface area contributed by atoms with Crippen LogP contribution in [-0.4, -0.2) is 21.6 Å². The summed E-state index contributed by atoms with van der Waals surface area (Å²) in [6.07, 6.45) is 3.41. The highest BCUT2D eigenvalue weighted by Crippen LogP contribution is 2.42. The largest absolute Gasteiger partial charge is 0.296 e. The number of carbonyl (C=O) groups is 2. The Morgan fingerprint density at radius 2 is 1.92 bits per heavy atom. The normalized spacial score (nSPS) is 22.5. The third-order valence-electron chi connectivity index (χ3n) is 5.86. The SMILES string of the molecule is CC(C1CC1)n1nc(C2CCC(=O)NC2=O)c2cc(C(C)(C)C)ccc21. The van der Waals surface area contributed by atoms with Gasteiger partial charge in [0.05, 0.1) is 23.2 Å². The number of amides is 2. The quantitative estimate of drug-likeness (QED) is 0.853. The van der Waals surface area contributed by atoms with Gasteiger partial charge in [-0.05, 0) is 55.2 Å². The zero-order chi connectivity index (χ0) is 18.6. The van der Waals surface area contributed by atoms with Gasteiger partial charge in [0.1, 0.15) is 0 Å². The molecule has 0 bridgehead atoms. The van der Waals surface area contributed by atoms with E-state index in [4.69, 9.17) is 5.10 Å². The van der Waals surface area contributed by atoms with Gasteiger partial charge in [-0.25, -0.2) is 0 Å². The van der Waals surface area contributed by atoms with Crippen LogP contribution in [0.5, 0.6) is 0 Å². The van der Waals surface area contributed by atoms with Crippen LogP contribution in [0.3, 0.4) is 0 Å². The van der Waals surface area contributed by atoms with Crippen molar-refractivity contribution in [2.45, 2.75) is 70.8 Å². The number of nitrogens with zero attached hydrogens (tertiary/aromatic N) is 2. The number of imide groups is 1. The minimum Gasteiger partial charge on any atom is -0.296 e. The molecule has 1 aliphatic carbocycles. The second-order valence-electron chi connectivity index (χ2n) is 8.89. The molecule has 0 radical (unpaired) electrons. The Kier molecular flexibility index (Phi) is 3.94. The van der Waals surface area contributed by atoms with E-state index in [0.717, 1.165) is 16.6 Å². The van der Waals surface area contributed by atoms with Crippen LogP contribution < -0.4 is 5.32 Å². The van der Waals surface area contributed by atoms with E-state index in [1.165, 1.54) is 18.4 Å². The smallest absolute Gasteiger partial charge is 0.235 e. The van der Waals surface area contributed by atoms with Gasteiger partial charge in [-0.1, -0.05) is 26.8 Å². The van der Waals surface area contributed by atoms with Gasteiger partial charge < -0.3 is 0 Å². The topological polar surface area (TPSA) is 64.0 Å². The second-order valence-corrected chi connectivity index (χ2v) is 8.89. The Morgan fingerprint density at radius 1 is 1.19 bits per heavy atom. The third kappa shape index (κ3) is 2.93. The molecule has 26 heavy (non-hydrogen) atoms. The van der Waals surface area contributed by atoms with Crippen molar-refractivity contribution in [3.63, 3.8) is 0 Å². The van der Waals surface area contributed by atoms with E-state index < -0.39 is 0 Å². The van der Waals surface area contributed by atoms with Gasteiger partial charge in [-0.2, -0.15) is 5.10 Å². The van der Waals surface area contributed by atoms with Crippen molar-refractivity contribution in [2.24, 2.45) is 5.92 Å². The molecule has 2 unspecified atom stereocenters. The summed E-state index contributed by atoms with van der Waals surface area (Å²) in [5.74, 6) is -0.0715. The lowest BCUT2D eigenvalue weighted by Crippen LogP contribution is -2.39. The Labute approximate surface area is 154 Å². The lowest BCUT2D eigenvalue weighted by molar-refractivity contribution is -0.134. The fourth-order valence-corrected chi connectivity index (χ4v) is 3.93. The molecule has 2 aromatic rings. The predicted octanol–water partition coefficient (Wildman–Crippen LogP) is 3.83. The van der Waals surface area contributed by atoms with Gasteiger partial charge in [0.25, 0.3) is 0 Å². The summed E-state index contributed by atoms with van der Waals surface area (Å²) in [5, 5.41) is 8.46. The molecule has 2 heterocycles. The van der Waals surface area contributed by atoms with Crippen molar-refractivity contribution < 1.29 is 9.59 Å². The molecule has 0 spiro atoms. The van der Waals surface area contributed by atoms with Gasteiger partial charge in [-0.3, -0.25) is 19.6 Å². The molecule has 2 aliphatic rings. The van der Waals surface area contributed by atoms with Crippen molar-refractivity contribution in [2.75, 3.05) is 0 Å². The zero-order valence-electron chi connectivity index (χ0n) is 16.0. The number of nitrogens with one attached hydrogen (secondary N) is 1. The van der Waals surface area contributed by atoms with Crippen molar-refractivity contribution >= 4 is 22.7 Å². The van der Waals surface area contributed by atoms with E-state index in [9.17, 15) is 9.59 Å². The van der Waals surface area contributed by atoms with Gasteiger partial charge in [0.2, 0.25) is 11.8 Å². The number of carbonyl (C=O) groups excluding carboxylic acids is 2. The predicted molar refractivity (Wildman–Crippen MR) is 101 cm³/mol. The maximum atomic E-state index is 12.5. The zero-order valence-corrected chi connectivity index (χ0v) is 16.0. The van der Waals surface area contributed by atoms with Crippen molar-refractivity contribution in [1.29, 1.82) is 0 Å². The third-order valence-corrected chi connectivity index (χ3v) is 5.86. The number of rotatable bonds is 3. The lowest BCUT2D eigenvalue weighted by Gasteiger charge is -2.21. The number of benzene rings is 1. The molecule has 2 fully saturated rings. The highest BCUT2D eigenvalue weighted by atomic mass is 16.2. The number of aromatic nitrogens is 2. The molecular formula is C21H27N3O2. The molecule has 2 amide bonds. The molecule has 138 valence electrons. The van der Waals surface area contributed by atoms with E-state index in [-0.39, 0.29) is 23.1 Å². The first-order chi connectivity index (χ1) is 12.3. The van der Waals surface area contributed by atoms with Crippen LogP contribution in [-0.2, 0) is 15.0 Å². The summed E-state index contributed by atoms with van der Waals surface area (Å²) < 4.78 is 2.11. The van der Waals surface area contributed by atoms with Crippen LogP contribution >= 0.6 is 0 Å². The van der Waals surface area contributed by atoms with Crippen molar-refractivity contribution in [3.8, 4) is 0 Å². The molecule has 5 heteroatoms. The van der Waals surface area contributed by atoms with Gasteiger partial charge in [0, 0.05) is 11.8 Å². The fourth-order valence-electron chi connectivity index (χ4n) is 3.93. The molecule has 4 rings (SSSR count). The molecule has 5 nitrogen and oxygen atoms in total. The number of fused-ring (bicyclic) bond motifs is 1. The lowest BCUT2D eigenvalue weighted by atomic mass is 9.85. The first-order valence-electron chi connectivity index (χ1n) is 9.62. The summed E-state index contributed by atoms with van der Waals surface area (Å²) in [7, 11) is 0. The van der Waals surface area contributed by atoms with E-state index in [0.29, 0.717) is 24.8 Å². The van der Waals surface area contributed by atoms with Crippen LogP contribution in [0.15, 0.2) is 18.2 Å². The summed E-state index contributed by atoms with van der Waals surface area (Å²) in [5.41, 5.74) is 3.18. The number of piperidine rings is 1. The first kappa shape index (κ1) is 17.3. The molecule has 1 saturated carbocycles. The van der Waals surface area contributed by atoms with Crippen LogP contribution in [0.25, 0.3) is 10.9 Å². The first-order valence-corrected chi connectivity index (χ1v) is 9.62. The second kappa shape index (κ2) is 5.93. The maximum Gasteiger partial charge on any atom is 0.235 e. The standard InChI is InChI=1S/C21H27N3O2/c1-12(13-5-6-13)24-17-9-7-14(21(2,3)4)11-16(17)19(23-24)15-8-10-18(25)22-20(15)26/h7,9,11-13,15H,5-6,8,10H2,1-4H3,(H,22,25,26). The molecular weight excluding hydrogens is 326 g/mol. The molecule has 1 aromatic carbocycles. The number of hydrogen-bond donors (Lipinski definition) is 1.